The predicted molar refractivity (Wildman–Crippen MR) is 120 cm³/mol. The lowest BCUT2D eigenvalue weighted by Gasteiger charge is -2.46. The van der Waals surface area contributed by atoms with Crippen LogP contribution in [0.15, 0.2) is 60.7 Å². The number of carbonyl (C=O) groups excluding carboxylic acids is 1. The first-order valence-electron chi connectivity index (χ1n) is 11.1. The summed E-state index contributed by atoms with van der Waals surface area (Å²) in [5.41, 5.74) is 1.54. The number of benzene rings is 2. The topological polar surface area (TPSA) is 38.8 Å². The van der Waals surface area contributed by atoms with Crippen LogP contribution in [0.25, 0.3) is 0 Å². The van der Waals surface area contributed by atoms with Gasteiger partial charge in [-0.1, -0.05) is 67.1 Å². The first-order chi connectivity index (χ1) is 14.4. The van der Waals surface area contributed by atoms with E-state index < -0.39 is 11.3 Å². The van der Waals surface area contributed by atoms with Gasteiger partial charge in [0.1, 0.15) is 17.9 Å². The SMILES string of the molecule is CC(C)(C)OC(=O)COC1(N(Cc2ccccc2)Cc2ccccc2)CCCCC1. The summed E-state index contributed by atoms with van der Waals surface area (Å²) < 4.78 is 11.9. The van der Waals surface area contributed by atoms with Crippen molar-refractivity contribution < 1.29 is 14.3 Å². The standard InChI is InChI=1S/C26H35NO3/c1-25(2,3)30-24(28)21-29-26(17-11-6-12-18-26)27(19-22-13-7-4-8-14-22)20-23-15-9-5-10-16-23/h4-5,7-10,13-16H,6,11-12,17-21H2,1-3H3. The lowest BCUT2D eigenvalue weighted by molar-refractivity contribution is -0.201. The van der Waals surface area contributed by atoms with E-state index in [1.165, 1.54) is 17.5 Å². The van der Waals surface area contributed by atoms with Crippen molar-refractivity contribution in [1.82, 2.24) is 4.90 Å². The number of hydrogen-bond acceptors (Lipinski definition) is 4. The van der Waals surface area contributed by atoms with Gasteiger partial charge in [0.05, 0.1) is 0 Å². The highest BCUT2D eigenvalue weighted by Crippen LogP contribution is 2.37. The van der Waals surface area contributed by atoms with Crippen LogP contribution < -0.4 is 0 Å². The van der Waals surface area contributed by atoms with Gasteiger partial charge in [-0.15, -0.1) is 0 Å². The van der Waals surface area contributed by atoms with E-state index in [4.69, 9.17) is 9.47 Å². The van der Waals surface area contributed by atoms with Crippen molar-refractivity contribution in [3.63, 3.8) is 0 Å². The fourth-order valence-electron chi connectivity index (χ4n) is 4.17. The zero-order chi connectivity index (χ0) is 21.5. The number of hydrogen-bond donors (Lipinski definition) is 0. The fourth-order valence-corrected chi connectivity index (χ4v) is 4.17. The van der Waals surface area contributed by atoms with E-state index in [0.29, 0.717) is 0 Å². The molecule has 162 valence electrons. The van der Waals surface area contributed by atoms with Gasteiger partial charge >= 0.3 is 5.97 Å². The smallest absolute Gasteiger partial charge is 0.332 e. The molecule has 1 aliphatic carbocycles. The first kappa shape index (κ1) is 22.5. The van der Waals surface area contributed by atoms with Gasteiger partial charge in [-0.05, 0) is 57.6 Å². The van der Waals surface area contributed by atoms with E-state index in [2.05, 4.69) is 53.4 Å². The van der Waals surface area contributed by atoms with Gasteiger partial charge in [0.15, 0.2) is 0 Å². The van der Waals surface area contributed by atoms with Crippen molar-refractivity contribution >= 4 is 5.97 Å². The summed E-state index contributed by atoms with van der Waals surface area (Å²) in [7, 11) is 0. The highest BCUT2D eigenvalue weighted by atomic mass is 16.6. The molecule has 1 fully saturated rings. The number of carbonyl (C=O) groups is 1. The van der Waals surface area contributed by atoms with Crippen LogP contribution in [-0.4, -0.2) is 28.8 Å². The summed E-state index contributed by atoms with van der Waals surface area (Å²) in [6.45, 7) is 7.21. The molecule has 0 aliphatic heterocycles. The van der Waals surface area contributed by atoms with E-state index in [0.717, 1.165) is 38.8 Å². The molecule has 1 aliphatic rings. The molecule has 0 saturated heterocycles. The maximum atomic E-state index is 12.4. The molecule has 0 heterocycles. The quantitative estimate of drug-likeness (QED) is 0.414. The Balaban J connectivity index is 1.83. The molecule has 1 saturated carbocycles. The Bertz CT molecular complexity index is 735. The molecule has 0 radical (unpaired) electrons. The molecule has 2 aromatic carbocycles. The molecular formula is C26H35NO3. The van der Waals surface area contributed by atoms with Crippen LogP contribution >= 0.6 is 0 Å². The zero-order valence-corrected chi connectivity index (χ0v) is 18.6. The summed E-state index contributed by atoms with van der Waals surface area (Å²) >= 11 is 0. The molecule has 3 rings (SSSR count). The average Bonchev–Trinajstić information content (AvgIpc) is 2.73. The third kappa shape index (κ3) is 6.68. The Hall–Kier alpha value is -2.17. The highest BCUT2D eigenvalue weighted by Gasteiger charge is 2.40. The lowest BCUT2D eigenvalue weighted by Crippen LogP contribution is -2.52. The van der Waals surface area contributed by atoms with Crippen LogP contribution in [0.2, 0.25) is 0 Å². The molecule has 30 heavy (non-hydrogen) atoms. The summed E-state index contributed by atoms with van der Waals surface area (Å²) in [6, 6.07) is 21.0. The van der Waals surface area contributed by atoms with Crippen molar-refractivity contribution in [3.05, 3.63) is 71.8 Å². The summed E-state index contributed by atoms with van der Waals surface area (Å²) in [5.74, 6) is -0.299. The lowest BCUT2D eigenvalue weighted by atomic mass is 9.89. The Morgan fingerprint density at radius 3 is 1.83 bits per heavy atom. The van der Waals surface area contributed by atoms with E-state index in [9.17, 15) is 4.79 Å². The minimum absolute atomic E-state index is 0.0165. The molecule has 0 amide bonds. The molecule has 0 aromatic heterocycles. The minimum Gasteiger partial charge on any atom is -0.458 e. The van der Waals surface area contributed by atoms with Crippen molar-refractivity contribution in [1.29, 1.82) is 0 Å². The minimum atomic E-state index is -0.506. The van der Waals surface area contributed by atoms with Gasteiger partial charge in [-0.2, -0.15) is 0 Å². The van der Waals surface area contributed by atoms with Crippen LogP contribution in [0.5, 0.6) is 0 Å². The molecular weight excluding hydrogens is 374 g/mol. The summed E-state index contributed by atoms with van der Waals surface area (Å²) in [5, 5.41) is 0. The number of rotatable bonds is 8. The van der Waals surface area contributed by atoms with Crippen LogP contribution in [0.1, 0.15) is 64.0 Å². The summed E-state index contributed by atoms with van der Waals surface area (Å²) in [4.78, 5) is 14.8. The van der Waals surface area contributed by atoms with Gasteiger partial charge in [0.2, 0.25) is 0 Å². The van der Waals surface area contributed by atoms with Crippen molar-refractivity contribution in [2.24, 2.45) is 0 Å². The monoisotopic (exact) mass is 409 g/mol. The van der Waals surface area contributed by atoms with Crippen LogP contribution in [-0.2, 0) is 27.4 Å². The second-order valence-electron chi connectivity index (χ2n) is 9.21. The Kier molecular flexibility index (Phi) is 7.68. The molecule has 4 nitrogen and oxygen atoms in total. The van der Waals surface area contributed by atoms with E-state index >= 15 is 0 Å². The Labute approximate surface area is 181 Å². The van der Waals surface area contributed by atoms with Gasteiger partial charge in [-0.3, -0.25) is 4.90 Å². The molecule has 0 bridgehead atoms. The second-order valence-corrected chi connectivity index (χ2v) is 9.21. The Morgan fingerprint density at radius 2 is 1.37 bits per heavy atom. The van der Waals surface area contributed by atoms with Crippen LogP contribution in [0.3, 0.4) is 0 Å². The van der Waals surface area contributed by atoms with Gasteiger partial charge in [0.25, 0.3) is 0 Å². The molecule has 0 N–H and O–H groups in total. The second kappa shape index (κ2) is 10.2. The summed E-state index contributed by atoms with van der Waals surface area (Å²) in [6.07, 6.45) is 5.27. The molecule has 2 aromatic rings. The first-order valence-corrected chi connectivity index (χ1v) is 11.1. The van der Waals surface area contributed by atoms with Gasteiger partial charge < -0.3 is 9.47 Å². The van der Waals surface area contributed by atoms with Gasteiger partial charge in [-0.25, -0.2) is 4.79 Å². The number of nitrogens with zero attached hydrogens (tertiary/aromatic N) is 1. The molecule has 0 unspecified atom stereocenters. The number of esters is 1. The normalized spacial score (nSPS) is 16.4. The van der Waals surface area contributed by atoms with E-state index in [-0.39, 0.29) is 12.6 Å². The zero-order valence-electron chi connectivity index (χ0n) is 18.6. The van der Waals surface area contributed by atoms with E-state index in [1.807, 2.05) is 32.9 Å². The van der Waals surface area contributed by atoms with Gasteiger partial charge in [0, 0.05) is 13.1 Å². The number of ether oxygens (including phenoxy) is 2. The van der Waals surface area contributed by atoms with Crippen molar-refractivity contribution in [3.8, 4) is 0 Å². The largest absolute Gasteiger partial charge is 0.458 e. The third-order valence-corrected chi connectivity index (χ3v) is 5.52. The van der Waals surface area contributed by atoms with Crippen LogP contribution in [0, 0.1) is 0 Å². The fraction of sp³-hybridized carbons (Fsp3) is 0.500. The van der Waals surface area contributed by atoms with Crippen molar-refractivity contribution in [2.45, 2.75) is 77.3 Å². The highest BCUT2D eigenvalue weighted by molar-refractivity contribution is 5.71. The molecule has 0 spiro atoms. The third-order valence-electron chi connectivity index (χ3n) is 5.52. The molecule has 4 heteroatoms. The predicted octanol–water partition coefficient (Wildman–Crippen LogP) is 5.71. The molecule has 0 atom stereocenters. The van der Waals surface area contributed by atoms with E-state index in [1.54, 1.807) is 0 Å². The maximum Gasteiger partial charge on any atom is 0.332 e. The average molecular weight is 410 g/mol. The van der Waals surface area contributed by atoms with Crippen LogP contribution in [0.4, 0.5) is 0 Å². The van der Waals surface area contributed by atoms with Crippen molar-refractivity contribution in [2.75, 3.05) is 6.61 Å². The maximum absolute atomic E-state index is 12.4. The Morgan fingerprint density at radius 1 is 0.867 bits per heavy atom.